The van der Waals surface area contributed by atoms with Crippen LogP contribution in [0.15, 0.2) is 30.7 Å². The molecule has 3 rings (SSSR count). The van der Waals surface area contributed by atoms with Crippen molar-refractivity contribution in [2.75, 3.05) is 46.7 Å². The van der Waals surface area contributed by atoms with Gasteiger partial charge in [0.2, 0.25) is 0 Å². The molecule has 0 atom stereocenters. The predicted molar refractivity (Wildman–Crippen MR) is 112 cm³/mol. The van der Waals surface area contributed by atoms with E-state index >= 15 is 0 Å². The van der Waals surface area contributed by atoms with Gasteiger partial charge in [0.1, 0.15) is 29.3 Å². The molecule has 8 heteroatoms. The fourth-order valence-corrected chi connectivity index (χ4v) is 3.17. The van der Waals surface area contributed by atoms with E-state index in [4.69, 9.17) is 9.47 Å². The van der Waals surface area contributed by atoms with Crippen LogP contribution in [0.2, 0.25) is 0 Å². The maximum Gasteiger partial charge on any atom is 0.146 e. The highest BCUT2D eigenvalue weighted by atomic mass is 16.5. The molecule has 0 fully saturated rings. The summed E-state index contributed by atoms with van der Waals surface area (Å²) in [5.41, 5.74) is 2.78. The van der Waals surface area contributed by atoms with E-state index in [0.717, 1.165) is 59.9 Å². The third-order valence-corrected chi connectivity index (χ3v) is 4.62. The number of anilines is 2. The molecule has 0 unspecified atom stereocenters. The van der Waals surface area contributed by atoms with Gasteiger partial charge in [-0.05, 0) is 51.3 Å². The van der Waals surface area contributed by atoms with Gasteiger partial charge in [-0.15, -0.1) is 0 Å². The summed E-state index contributed by atoms with van der Waals surface area (Å²) in [7, 11) is 7.37. The van der Waals surface area contributed by atoms with Gasteiger partial charge in [-0.1, -0.05) is 0 Å². The number of ether oxygens (including phenoxy) is 2. The van der Waals surface area contributed by atoms with E-state index in [1.807, 2.05) is 31.4 Å². The molecule has 0 aliphatic rings. The highest BCUT2D eigenvalue weighted by Crippen LogP contribution is 2.33. The number of hydrogen-bond acceptors (Lipinski definition) is 7. The maximum atomic E-state index is 5.50. The predicted octanol–water partition coefficient (Wildman–Crippen LogP) is 2.76. The molecule has 1 aromatic carbocycles. The number of H-pyrrole nitrogens is 1. The van der Waals surface area contributed by atoms with E-state index < -0.39 is 0 Å². The number of rotatable bonds is 10. The molecule has 0 radical (unpaired) electrons. The minimum atomic E-state index is 0.687. The Labute approximate surface area is 165 Å². The molecule has 0 saturated heterocycles. The second-order valence-corrected chi connectivity index (χ2v) is 6.65. The van der Waals surface area contributed by atoms with Crippen LogP contribution in [0, 0.1) is 0 Å². The Morgan fingerprint density at radius 3 is 2.79 bits per heavy atom. The van der Waals surface area contributed by atoms with Crippen LogP contribution >= 0.6 is 0 Å². The number of nitrogens with one attached hydrogen (secondary N) is 3. The van der Waals surface area contributed by atoms with Gasteiger partial charge in [0.15, 0.2) is 0 Å². The molecule has 0 aliphatic carbocycles. The van der Waals surface area contributed by atoms with E-state index in [2.05, 4.69) is 37.5 Å². The summed E-state index contributed by atoms with van der Waals surface area (Å²) >= 11 is 0. The fraction of sp³-hybridized carbons (Fsp3) is 0.400. The summed E-state index contributed by atoms with van der Waals surface area (Å²) in [6, 6.07) is 5.65. The smallest absolute Gasteiger partial charge is 0.146 e. The van der Waals surface area contributed by atoms with Gasteiger partial charge in [-0.2, -0.15) is 0 Å². The monoisotopic (exact) mass is 384 g/mol. The quantitative estimate of drug-likeness (QED) is 0.463. The van der Waals surface area contributed by atoms with Crippen molar-refractivity contribution in [2.24, 2.45) is 0 Å². The van der Waals surface area contributed by atoms with Crippen molar-refractivity contribution < 1.29 is 9.47 Å². The summed E-state index contributed by atoms with van der Waals surface area (Å²) < 4.78 is 10.8. The molecule has 0 saturated carbocycles. The Balaban J connectivity index is 1.87. The van der Waals surface area contributed by atoms with Gasteiger partial charge in [0.05, 0.1) is 25.3 Å². The molecule has 3 aromatic rings. The highest BCUT2D eigenvalue weighted by Gasteiger charge is 2.14. The number of aromatic amines is 1. The van der Waals surface area contributed by atoms with Crippen LogP contribution in [0.1, 0.15) is 12.0 Å². The second-order valence-electron chi connectivity index (χ2n) is 6.65. The number of benzene rings is 1. The van der Waals surface area contributed by atoms with Crippen LogP contribution in [0.5, 0.6) is 11.5 Å². The lowest BCUT2D eigenvalue weighted by Crippen LogP contribution is -2.22. The zero-order valence-corrected chi connectivity index (χ0v) is 16.9. The van der Waals surface area contributed by atoms with Gasteiger partial charge in [0.25, 0.3) is 0 Å². The lowest BCUT2D eigenvalue weighted by molar-refractivity contribution is 0.322. The van der Waals surface area contributed by atoms with E-state index in [1.54, 1.807) is 20.5 Å². The topological polar surface area (TPSA) is 87.3 Å². The first-order chi connectivity index (χ1) is 13.7. The zero-order chi connectivity index (χ0) is 19.9. The normalized spacial score (nSPS) is 11.2. The molecule has 2 aromatic heterocycles. The van der Waals surface area contributed by atoms with Gasteiger partial charge in [0, 0.05) is 18.8 Å². The minimum Gasteiger partial charge on any atom is -0.497 e. The number of fused-ring (bicyclic) bond motifs is 1. The van der Waals surface area contributed by atoms with E-state index in [1.165, 1.54) is 0 Å². The number of aromatic nitrogens is 3. The van der Waals surface area contributed by atoms with E-state index in [9.17, 15) is 0 Å². The molecular weight excluding hydrogens is 356 g/mol. The van der Waals surface area contributed by atoms with Crippen molar-refractivity contribution in [1.29, 1.82) is 0 Å². The second kappa shape index (κ2) is 9.38. The lowest BCUT2D eigenvalue weighted by Gasteiger charge is -2.17. The van der Waals surface area contributed by atoms with Gasteiger partial charge >= 0.3 is 0 Å². The molecule has 0 amide bonds. The molecule has 0 spiro atoms. The van der Waals surface area contributed by atoms with Crippen molar-refractivity contribution in [3.05, 3.63) is 36.3 Å². The van der Waals surface area contributed by atoms with Crippen molar-refractivity contribution in [3.63, 3.8) is 0 Å². The highest BCUT2D eigenvalue weighted by molar-refractivity contribution is 5.92. The molecule has 150 valence electrons. The van der Waals surface area contributed by atoms with Crippen molar-refractivity contribution in [2.45, 2.75) is 13.0 Å². The van der Waals surface area contributed by atoms with Gasteiger partial charge in [-0.25, -0.2) is 9.97 Å². The molecule has 3 N–H and O–H groups in total. The zero-order valence-electron chi connectivity index (χ0n) is 16.9. The molecule has 0 aliphatic heterocycles. The van der Waals surface area contributed by atoms with Crippen molar-refractivity contribution in [1.82, 2.24) is 25.2 Å². The fourth-order valence-electron chi connectivity index (χ4n) is 3.17. The number of methoxy groups -OCH3 is 2. The van der Waals surface area contributed by atoms with E-state index in [0.29, 0.717) is 5.75 Å². The maximum absolute atomic E-state index is 5.50. The molecular formula is C20H28N6O2. The summed E-state index contributed by atoms with van der Waals surface area (Å²) in [6.45, 7) is 2.83. The van der Waals surface area contributed by atoms with E-state index in [-0.39, 0.29) is 0 Å². The third kappa shape index (κ3) is 4.52. The van der Waals surface area contributed by atoms with Crippen LogP contribution in [-0.2, 0) is 6.54 Å². The number of hydrogen-bond donors (Lipinski definition) is 3. The third-order valence-electron chi connectivity index (χ3n) is 4.62. The summed E-state index contributed by atoms with van der Waals surface area (Å²) in [5.74, 6) is 2.17. The van der Waals surface area contributed by atoms with Crippen LogP contribution < -0.4 is 20.1 Å². The molecule has 28 heavy (non-hydrogen) atoms. The number of nitrogens with zero attached hydrogens (tertiary/aromatic N) is 3. The Kier molecular flexibility index (Phi) is 6.67. The largest absolute Gasteiger partial charge is 0.497 e. The Hall–Kier alpha value is -2.84. The lowest BCUT2D eigenvalue weighted by atomic mass is 10.2. The first kappa shape index (κ1) is 19.9. The summed E-state index contributed by atoms with van der Waals surface area (Å²) in [5, 5.41) is 7.56. The van der Waals surface area contributed by atoms with Crippen LogP contribution in [0.25, 0.3) is 11.0 Å². The molecule has 2 heterocycles. The van der Waals surface area contributed by atoms with Crippen LogP contribution in [0.4, 0.5) is 11.5 Å². The van der Waals surface area contributed by atoms with Gasteiger partial charge in [-0.3, -0.25) is 0 Å². The first-order valence-corrected chi connectivity index (χ1v) is 9.29. The van der Waals surface area contributed by atoms with Crippen LogP contribution in [-0.4, -0.2) is 61.3 Å². The van der Waals surface area contributed by atoms with Crippen LogP contribution in [0.3, 0.4) is 0 Å². The van der Waals surface area contributed by atoms with Crippen molar-refractivity contribution >= 4 is 22.5 Å². The summed E-state index contributed by atoms with van der Waals surface area (Å²) in [4.78, 5) is 14.4. The Bertz CT molecular complexity index is 911. The standard InChI is InChI=1S/C20H28N6O2/c1-21-8-5-9-26(2)12-14-11-22-19-18(14)20(24-13-23-19)25-16-7-6-15(27-3)10-17(16)28-4/h6-7,10-11,13,21H,5,8-9,12H2,1-4H3,(H2,22,23,24,25). The minimum absolute atomic E-state index is 0.687. The van der Waals surface area contributed by atoms with Gasteiger partial charge < -0.3 is 30.0 Å². The first-order valence-electron chi connectivity index (χ1n) is 9.29. The van der Waals surface area contributed by atoms with Crippen molar-refractivity contribution in [3.8, 4) is 11.5 Å². The average Bonchev–Trinajstić information content (AvgIpc) is 3.12. The Morgan fingerprint density at radius 2 is 2.04 bits per heavy atom. The molecule has 0 bridgehead atoms. The average molecular weight is 384 g/mol. The SMILES string of the molecule is CNCCCN(C)Cc1c[nH]c2ncnc(Nc3ccc(OC)cc3OC)c12. The Morgan fingerprint density at radius 1 is 1.18 bits per heavy atom. The molecule has 8 nitrogen and oxygen atoms in total. The summed E-state index contributed by atoms with van der Waals surface area (Å²) in [6.07, 6.45) is 4.65.